The number of non-ortho nitro benzene ring substituents is 1. The van der Waals surface area contributed by atoms with Crippen LogP contribution in [0.5, 0.6) is 0 Å². The minimum absolute atomic E-state index is 0.0390. The van der Waals surface area contributed by atoms with Crippen LogP contribution in [0, 0.1) is 10.1 Å². The number of carbonyl (C=O) groups is 1. The normalized spacial score (nSPS) is 10.7. The van der Waals surface area contributed by atoms with Crippen LogP contribution in [0.2, 0.25) is 0 Å². The van der Waals surface area contributed by atoms with Crippen LogP contribution < -0.4 is 0 Å². The average molecular weight is 312 g/mol. The first kappa shape index (κ1) is 16.4. The Kier molecular flexibility index (Phi) is 5.57. The zero-order chi connectivity index (χ0) is 16.7. The van der Waals surface area contributed by atoms with Crippen LogP contribution >= 0.6 is 0 Å². The Balaban J connectivity index is 2.02. The molecule has 2 aromatic carbocycles. The molecule has 0 atom stereocenters. The predicted octanol–water partition coefficient (Wildman–Crippen LogP) is 3.91. The number of carbonyl (C=O) groups excluding carboxylic acids is 1. The molecular formula is C17H16N2O4. The molecule has 0 amide bonds. The highest BCUT2D eigenvalue weighted by Gasteiger charge is 2.06. The van der Waals surface area contributed by atoms with Crippen LogP contribution in [-0.4, -0.2) is 23.7 Å². The number of rotatable bonds is 6. The molecule has 118 valence electrons. The molecule has 6 heteroatoms. The third-order valence-electron chi connectivity index (χ3n) is 3.01. The molecular weight excluding hydrogens is 296 g/mol. The van der Waals surface area contributed by atoms with Crippen molar-refractivity contribution in [2.45, 2.75) is 13.3 Å². The fourth-order valence-corrected chi connectivity index (χ4v) is 1.79. The highest BCUT2D eigenvalue weighted by atomic mass is 16.6. The van der Waals surface area contributed by atoms with Crippen molar-refractivity contribution in [3.63, 3.8) is 0 Å². The first-order valence-electron chi connectivity index (χ1n) is 7.16. The number of aliphatic imine (C=N–C) groups is 1. The van der Waals surface area contributed by atoms with E-state index in [1.165, 1.54) is 12.1 Å². The molecule has 2 rings (SSSR count). The Morgan fingerprint density at radius 3 is 2.39 bits per heavy atom. The van der Waals surface area contributed by atoms with Crippen molar-refractivity contribution in [3.05, 3.63) is 69.8 Å². The van der Waals surface area contributed by atoms with E-state index in [4.69, 9.17) is 4.74 Å². The van der Waals surface area contributed by atoms with Crippen molar-refractivity contribution in [2.24, 2.45) is 4.99 Å². The van der Waals surface area contributed by atoms with Crippen molar-refractivity contribution in [2.75, 3.05) is 6.61 Å². The molecule has 0 spiro atoms. The van der Waals surface area contributed by atoms with Gasteiger partial charge in [0.2, 0.25) is 0 Å². The Hall–Kier alpha value is -3.02. The van der Waals surface area contributed by atoms with Gasteiger partial charge < -0.3 is 4.74 Å². The monoisotopic (exact) mass is 312 g/mol. The number of nitrogens with zero attached hydrogens (tertiary/aromatic N) is 2. The molecule has 0 aliphatic heterocycles. The van der Waals surface area contributed by atoms with E-state index < -0.39 is 4.92 Å². The zero-order valence-corrected chi connectivity index (χ0v) is 12.6. The molecule has 6 nitrogen and oxygen atoms in total. The summed E-state index contributed by atoms with van der Waals surface area (Å²) in [4.78, 5) is 26.1. The summed E-state index contributed by atoms with van der Waals surface area (Å²) < 4.78 is 5.04. The number of esters is 1. The third-order valence-corrected chi connectivity index (χ3v) is 3.01. The first-order valence-corrected chi connectivity index (χ1v) is 7.16. The van der Waals surface area contributed by atoms with Crippen LogP contribution in [0.4, 0.5) is 11.4 Å². The van der Waals surface area contributed by atoms with E-state index in [1.807, 2.05) is 6.92 Å². The summed E-state index contributed by atoms with van der Waals surface area (Å²) in [6.07, 6.45) is 2.39. The average Bonchev–Trinajstić information content (AvgIpc) is 2.58. The maximum absolute atomic E-state index is 11.7. The lowest BCUT2D eigenvalue weighted by Crippen LogP contribution is -2.05. The van der Waals surface area contributed by atoms with Crippen LogP contribution in [-0.2, 0) is 4.74 Å². The number of benzene rings is 2. The zero-order valence-electron chi connectivity index (χ0n) is 12.6. The van der Waals surface area contributed by atoms with E-state index in [0.29, 0.717) is 17.9 Å². The highest BCUT2D eigenvalue weighted by Crippen LogP contribution is 2.15. The second-order valence-electron chi connectivity index (χ2n) is 4.79. The Labute approximate surface area is 133 Å². The summed E-state index contributed by atoms with van der Waals surface area (Å²) in [6, 6.07) is 12.8. The predicted molar refractivity (Wildman–Crippen MR) is 87.4 cm³/mol. The molecule has 0 aliphatic rings. The van der Waals surface area contributed by atoms with Gasteiger partial charge in [-0.05, 0) is 48.4 Å². The van der Waals surface area contributed by atoms with Gasteiger partial charge in [0.05, 0.1) is 22.8 Å². The van der Waals surface area contributed by atoms with E-state index in [0.717, 1.165) is 12.0 Å². The standard InChI is InChI=1S/C17H16N2O4/c1-2-11-23-17(20)14-5-7-15(8-6-14)18-12-13-3-9-16(10-4-13)19(21)22/h3-10,12H,2,11H2,1H3. The van der Waals surface area contributed by atoms with E-state index in [-0.39, 0.29) is 11.7 Å². The van der Waals surface area contributed by atoms with Crippen molar-refractivity contribution >= 4 is 23.6 Å². The van der Waals surface area contributed by atoms with E-state index in [2.05, 4.69) is 4.99 Å². The number of nitro benzene ring substituents is 1. The molecule has 0 saturated heterocycles. The lowest BCUT2D eigenvalue weighted by molar-refractivity contribution is -0.384. The van der Waals surface area contributed by atoms with Gasteiger partial charge in [-0.15, -0.1) is 0 Å². The van der Waals surface area contributed by atoms with E-state index in [1.54, 1.807) is 42.6 Å². The summed E-state index contributed by atoms with van der Waals surface area (Å²) in [5.41, 5.74) is 1.95. The fourth-order valence-electron chi connectivity index (χ4n) is 1.79. The van der Waals surface area contributed by atoms with Gasteiger partial charge in [0.25, 0.3) is 5.69 Å². The number of hydrogen-bond acceptors (Lipinski definition) is 5. The molecule has 23 heavy (non-hydrogen) atoms. The number of nitro groups is 1. The van der Waals surface area contributed by atoms with Gasteiger partial charge in [0, 0.05) is 18.3 Å². The quantitative estimate of drug-likeness (QED) is 0.350. The van der Waals surface area contributed by atoms with Crippen molar-refractivity contribution < 1.29 is 14.5 Å². The molecule has 0 saturated carbocycles. The van der Waals surface area contributed by atoms with E-state index in [9.17, 15) is 14.9 Å². The SMILES string of the molecule is CCCOC(=O)c1ccc(N=Cc2ccc([N+](=O)[O-])cc2)cc1. The van der Waals surface area contributed by atoms with Gasteiger partial charge in [-0.2, -0.15) is 0 Å². The Bertz CT molecular complexity index is 706. The molecule has 0 N–H and O–H groups in total. The van der Waals surface area contributed by atoms with E-state index >= 15 is 0 Å². The summed E-state index contributed by atoms with van der Waals surface area (Å²) in [6.45, 7) is 2.34. The second-order valence-corrected chi connectivity index (χ2v) is 4.79. The number of hydrogen-bond donors (Lipinski definition) is 0. The van der Waals surface area contributed by atoms with Crippen molar-refractivity contribution in [3.8, 4) is 0 Å². The largest absolute Gasteiger partial charge is 0.462 e. The lowest BCUT2D eigenvalue weighted by Gasteiger charge is -2.02. The molecule has 0 aromatic heterocycles. The molecule has 0 radical (unpaired) electrons. The van der Waals surface area contributed by atoms with Gasteiger partial charge in [0.15, 0.2) is 0 Å². The second kappa shape index (κ2) is 7.84. The smallest absolute Gasteiger partial charge is 0.338 e. The van der Waals surface area contributed by atoms with Gasteiger partial charge in [-0.25, -0.2) is 4.79 Å². The van der Waals surface area contributed by atoms with Gasteiger partial charge >= 0.3 is 5.97 Å². The Morgan fingerprint density at radius 2 is 1.83 bits per heavy atom. The molecule has 0 fully saturated rings. The molecule has 0 aliphatic carbocycles. The summed E-state index contributed by atoms with van der Waals surface area (Å²) in [5.74, 6) is -0.349. The van der Waals surface area contributed by atoms with Crippen LogP contribution in [0.1, 0.15) is 29.3 Å². The maximum Gasteiger partial charge on any atom is 0.338 e. The first-order chi connectivity index (χ1) is 11.1. The van der Waals surface area contributed by atoms with Crippen LogP contribution in [0.3, 0.4) is 0 Å². The highest BCUT2D eigenvalue weighted by molar-refractivity contribution is 5.90. The molecule has 0 bridgehead atoms. The summed E-state index contributed by atoms with van der Waals surface area (Å²) >= 11 is 0. The molecule has 0 heterocycles. The van der Waals surface area contributed by atoms with Crippen LogP contribution in [0.15, 0.2) is 53.5 Å². The minimum atomic E-state index is -0.447. The molecule has 2 aromatic rings. The topological polar surface area (TPSA) is 81.8 Å². The summed E-state index contributed by atoms with van der Waals surface area (Å²) in [5, 5.41) is 10.6. The third kappa shape index (κ3) is 4.74. The molecule has 0 unspecified atom stereocenters. The Morgan fingerprint density at radius 1 is 1.17 bits per heavy atom. The van der Waals surface area contributed by atoms with Gasteiger partial charge in [-0.3, -0.25) is 15.1 Å². The summed E-state index contributed by atoms with van der Waals surface area (Å²) in [7, 11) is 0. The lowest BCUT2D eigenvalue weighted by atomic mass is 10.2. The van der Waals surface area contributed by atoms with Gasteiger partial charge in [-0.1, -0.05) is 6.92 Å². The fraction of sp³-hybridized carbons (Fsp3) is 0.176. The van der Waals surface area contributed by atoms with Crippen molar-refractivity contribution in [1.29, 1.82) is 0 Å². The number of ether oxygens (including phenoxy) is 1. The minimum Gasteiger partial charge on any atom is -0.462 e. The van der Waals surface area contributed by atoms with Gasteiger partial charge in [0.1, 0.15) is 0 Å². The van der Waals surface area contributed by atoms with Crippen molar-refractivity contribution in [1.82, 2.24) is 0 Å². The maximum atomic E-state index is 11.7. The van der Waals surface area contributed by atoms with Crippen LogP contribution in [0.25, 0.3) is 0 Å².